The van der Waals surface area contributed by atoms with E-state index in [1.54, 1.807) is 0 Å². The molecule has 0 aromatic carbocycles. The Balaban J connectivity index is 2.87. The molecule has 0 aliphatic heterocycles. The van der Waals surface area contributed by atoms with Crippen molar-refractivity contribution >= 4 is 5.97 Å². The lowest BCUT2D eigenvalue weighted by Crippen LogP contribution is -2.08. The minimum Gasteiger partial charge on any atom is -0.481 e. The summed E-state index contributed by atoms with van der Waals surface area (Å²) in [4.78, 5) is 10.1. The molecule has 1 N–H and O–H groups in total. The Bertz CT molecular complexity index is 125. The van der Waals surface area contributed by atoms with E-state index in [1.165, 1.54) is 0 Å². The van der Waals surface area contributed by atoms with Crippen LogP contribution < -0.4 is 0 Å². The number of rotatable bonds is 9. The van der Waals surface area contributed by atoms with E-state index in [1.807, 2.05) is 0 Å². The minimum absolute atomic E-state index is 0.0644. The standard InChI is InChI=1S/C9H18O4/c1-2-3-5-12-7-8-13-6-4-9(10)11/h2-8H2,1H3,(H,10,11). The van der Waals surface area contributed by atoms with Crippen LogP contribution in [0.4, 0.5) is 0 Å². The number of hydrogen-bond donors (Lipinski definition) is 1. The average Bonchev–Trinajstić information content (AvgIpc) is 2.09. The first-order chi connectivity index (χ1) is 6.27. The summed E-state index contributed by atoms with van der Waals surface area (Å²) in [6.45, 7) is 4.18. The molecule has 0 heterocycles. The van der Waals surface area contributed by atoms with E-state index < -0.39 is 5.97 Å². The fraction of sp³-hybridized carbons (Fsp3) is 0.889. The van der Waals surface area contributed by atoms with Crippen molar-refractivity contribution in [1.29, 1.82) is 0 Å². The zero-order chi connectivity index (χ0) is 9.94. The number of carboxylic acid groups (broad SMARTS) is 1. The number of aliphatic carboxylic acids is 1. The molecule has 0 aliphatic rings. The van der Waals surface area contributed by atoms with E-state index in [0.717, 1.165) is 19.4 Å². The Labute approximate surface area is 78.8 Å². The fourth-order valence-electron chi connectivity index (χ4n) is 0.728. The molecule has 0 rings (SSSR count). The summed E-state index contributed by atoms with van der Waals surface area (Å²) in [5, 5.41) is 8.27. The SMILES string of the molecule is CCCCOCCOCCC(=O)O. The van der Waals surface area contributed by atoms with Gasteiger partial charge in [0.15, 0.2) is 0 Å². The van der Waals surface area contributed by atoms with Crippen molar-refractivity contribution in [3.8, 4) is 0 Å². The first-order valence-electron chi connectivity index (χ1n) is 4.64. The van der Waals surface area contributed by atoms with E-state index in [4.69, 9.17) is 14.6 Å². The number of unbranched alkanes of at least 4 members (excludes halogenated alkanes) is 1. The largest absolute Gasteiger partial charge is 0.481 e. The molecule has 0 fully saturated rings. The van der Waals surface area contributed by atoms with E-state index >= 15 is 0 Å². The van der Waals surface area contributed by atoms with Crippen molar-refractivity contribution in [1.82, 2.24) is 0 Å². The molecule has 0 bridgehead atoms. The summed E-state index contributed by atoms with van der Waals surface area (Å²) in [6.07, 6.45) is 2.25. The zero-order valence-corrected chi connectivity index (χ0v) is 8.12. The number of hydrogen-bond acceptors (Lipinski definition) is 3. The van der Waals surface area contributed by atoms with Gasteiger partial charge in [-0.15, -0.1) is 0 Å². The van der Waals surface area contributed by atoms with E-state index in [9.17, 15) is 4.79 Å². The molecule has 0 saturated heterocycles. The molecule has 4 nitrogen and oxygen atoms in total. The smallest absolute Gasteiger partial charge is 0.305 e. The second-order valence-electron chi connectivity index (χ2n) is 2.72. The fourth-order valence-corrected chi connectivity index (χ4v) is 0.728. The maximum atomic E-state index is 10.1. The quantitative estimate of drug-likeness (QED) is 0.557. The van der Waals surface area contributed by atoms with Crippen LogP contribution in [-0.4, -0.2) is 37.5 Å². The van der Waals surface area contributed by atoms with Gasteiger partial charge in [0.25, 0.3) is 0 Å². The van der Waals surface area contributed by atoms with Crippen molar-refractivity contribution in [2.75, 3.05) is 26.4 Å². The molecule has 0 aromatic rings. The number of carboxylic acids is 1. The molecule has 13 heavy (non-hydrogen) atoms. The summed E-state index contributed by atoms with van der Waals surface area (Å²) < 4.78 is 10.2. The van der Waals surface area contributed by atoms with Gasteiger partial charge in [0, 0.05) is 6.61 Å². The lowest BCUT2D eigenvalue weighted by Gasteiger charge is -2.03. The molecule has 0 unspecified atom stereocenters. The Kier molecular flexibility index (Phi) is 9.03. The van der Waals surface area contributed by atoms with Crippen molar-refractivity contribution in [3.05, 3.63) is 0 Å². The van der Waals surface area contributed by atoms with Crippen LogP contribution in [0.5, 0.6) is 0 Å². The zero-order valence-electron chi connectivity index (χ0n) is 8.12. The molecule has 0 saturated carbocycles. The molecule has 0 atom stereocenters. The van der Waals surface area contributed by atoms with Crippen LogP contribution in [0.3, 0.4) is 0 Å². The van der Waals surface area contributed by atoms with Gasteiger partial charge in [-0.2, -0.15) is 0 Å². The van der Waals surface area contributed by atoms with Gasteiger partial charge in [0.1, 0.15) is 0 Å². The van der Waals surface area contributed by atoms with Gasteiger partial charge >= 0.3 is 5.97 Å². The van der Waals surface area contributed by atoms with Gasteiger partial charge in [-0.3, -0.25) is 4.79 Å². The van der Waals surface area contributed by atoms with Gasteiger partial charge in [-0.1, -0.05) is 13.3 Å². The molecule has 0 aromatic heterocycles. The maximum Gasteiger partial charge on any atom is 0.305 e. The van der Waals surface area contributed by atoms with Crippen LogP contribution in [0.1, 0.15) is 26.2 Å². The van der Waals surface area contributed by atoms with Crippen LogP contribution in [0, 0.1) is 0 Å². The minimum atomic E-state index is -0.827. The van der Waals surface area contributed by atoms with Crippen molar-refractivity contribution in [3.63, 3.8) is 0 Å². The third-order valence-corrected chi connectivity index (χ3v) is 1.47. The van der Waals surface area contributed by atoms with Crippen molar-refractivity contribution in [2.45, 2.75) is 26.2 Å². The van der Waals surface area contributed by atoms with Crippen LogP contribution in [0.15, 0.2) is 0 Å². The Morgan fingerprint density at radius 3 is 2.31 bits per heavy atom. The van der Waals surface area contributed by atoms with Gasteiger partial charge < -0.3 is 14.6 Å². The van der Waals surface area contributed by atoms with Gasteiger partial charge in [-0.25, -0.2) is 0 Å². The Morgan fingerprint density at radius 2 is 1.77 bits per heavy atom. The Morgan fingerprint density at radius 1 is 1.15 bits per heavy atom. The third-order valence-electron chi connectivity index (χ3n) is 1.47. The monoisotopic (exact) mass is 190 g/mol. The summed E-state index contributed by atoms with van der Waals surface area (Å²) in [5.41, 5.74) is 0. The van der Waals surface area contributed by atoms with Crippen LogP contribution >= 0.6 is 0 Å². The van der Waals surface area contributed by atoms with Gasteiger partial charge in [0.05, 0.1) is 26.2 Å². The second-order valence-corrected chi connectivity index (χ2v) is 2.72. The van der Waals surface area contributed by atoms with E-state index in [-0.39, 0.29) is 13.0 Å². The highest BCUT2D eigenvalue weighted by atomic mass is 16.5. The Hall–Kier alpha value is -0.610. The molecule has 0 aliphatic carbocycles. The molecular formula is C9H18O4. The van der Waals surface area contributed by atoms with Crippen LogP contribution in [0.2, 0.25) is 0 Å². The molecule has 78 valence electrons. The highest BCUT2D eigenvalue weighted by Crippen LogP contribution is 1.88. The summed E-state index contributed by atoms with van der Waals surface area (Å²) in [7, 11) is 0. The number of ether oxygens (including phenoxy) is 2. The highest BCUT2D eigenvalue weighted by molar-refractivity contribution is 5.66. The lowest BCUT2D eigenvalue weighted by atomic mass is 10.4. The molecule has 4 heteroatoms. The predicted molar refractivity (Wildman–Crippen MR) is 48.8 cm³/mol. The van der Waals surface area contributed by atoms with Crippen LogP contribution in [-0.2, 0) is 14.3 Å². The molecule has 0 spiro atoms. The molecular weight excluding hydrogens is 172 g/mol. The lowest BCUT2D eigenvalue weighted by molar-refractivity contribution is -0.138. The topological polar surface area (TPSA) is 55.8 Å². The first kappa shape index (κ1) is 12.4. The van der Waals surface area contributed by atoms with Crippen molar-refractivity contribution in [2.24, 2.45) is 0 Å². The molecule has 0 radical (unpaired) electrons. The van der Waals surface area contributed by atoms with Gasteiger partial charge in [-0.05, 0) is 6.42 Å². The average molecular weight is 190 g/mol. The molecule has 0 amide bonds. The number of carbonyl (C=O) groups is 1. The van der Waals surface area contributed by atoms with Crippen molar-refractivity contribution < 1.29 is 19.4 Å². The highest BCUT2D eigenvalue weighted by Gasteiger charge is 1.95. The third kappa shape index (κ3) is 11.4. The summed E-state index contributed by atoms with van der Waals surface area (Å²) in [5.74, 6) is -0.827. The predicted octanol–water partition coefficient (Wildman–Crippen LogP) is 1.29. The van der Waals surface area contributed by atoms with E-state index in [2.05, 4.69) is 6.92 Å². The van der Waals surface area contributed by atoms with Crippen LogP contribution in [0.25, 0.3) is 0 Å². The second kappa shape index (κ2) is 9.48. The summed E-state index contributed by atoms with van der Waals surface area (Å²) in [6, 6.07) is 0. The first-order valence-corrected chi connectivity index (χ1v) is 4.64. The maximum absolute atomic E-state index is 10.1. The van der Waals surface area contributed by atoms with Gasteiger partial charge in [0.2, 0.25) is 0 Å². The van der Waals surface area contributed by atoms with E-state index in [0.29, 0.717) is 13.2 Å². The normalized spacial score (nSPS) is 10.2. The summed E-state index contributed by atoms with van der Waals surface area (Å²) >= 11 is 0.